The predicted octanol–water partition coefficient (Wildman–Crippen LogP) is 2.17. The Morgan fingerprint density at radius 2 is 1.75 bits per heavy atom. The van der Waals surface area contributed by atoms with Crippen LogP contribution in [0, 0.1) is 40.4 Å². The van der Waals surface area contributed by atoms with E-state index in [9.17, 15) is 34.2 Å². The third kappa shape index (κ3) is 3.86. The van der Waals surface area contributed by atoms with Crippen LogP contribution in [0.2, 0.25) is 5.02 Å². The number of Topliss-reactive ketones (excluding diaryl/α,β-unsaturated/α-hetero) is 4. The molecule has 1 aromatic rings. The van der Waals surface area contributed by atoms with E-state index < -0.39 is 64.4 Å². The van der Waals surface area contributed by atoms with Crippen LogP contribution in [0.4, 0.5) is 0 Å². The number of nitrogens with two attached hydrogens (primary N) is 1. The summed E-state index contributed by atoms with van der Waals surface area (Å²) in [6.07, 6.45) is 3.60. The van der Waals surface area contributed by atoms with Crippen LogP contribution in [-0.4, -0.2) is 87.9 Å². The number of rotatable bonds is 5. The van der Waals surface area contributed by atoms with Crippen molar-refractivity contribution in [1.29, 1.82) is 0 Å². The minimum absolute atomic E-state index is 0.0119. The number of carbonyl (C=O) groups excluding carboxylic acids is 5. The Bertz CT molecular complexity index is 1520. The fourth-order valence-electron chi connectivity index (χ4n) is 10.0. The first kappa shape index (κ1) is 31.3. The molecule has 4 N–H and O–H groups in total. The normalized spacial score (nSPS) is 39.1. The maximum absolute atomic E-state index is 14.0. The van der Waals surface area contributed by atoms with E-state index >= 15 is 0 Å². The second-order valence-corrected chi connectivity index (χ2v) is 15.4. The number of halogens is 1. The van der Waals surface area contributed by atoms with Gasteiger partial charge in [0.1, 0.15) is 5.75 Å². The van der Waals surface area contributed by atoms with Crippen molar-refractivity contribution < 1.29 is 34.2 Å². The number of phenolic OH excluding ortho intramolecular Hbond substituents is 1. The van der Waals surface area contributed by atoms with Gasteiger partial charge >= 0.3 is 0 Å². The summed E-state index contributed by atoms with van der Waals surface area (Å²) in [4.78, 5) is 70.6. The van der Waals surface area contributed by atoms with E-state index in [2.05, 4.69) is 32.7 Å². The number of aromatic hydroxyl groups is 1. The highest BCUT2D eigenvalue weighted by atomic mass is 35.5. The topological polar surface area (TPSA) is 158 Å². The van der Waals surface area contributed by atoms with Crippen LogP contribution in [0.1, 0.15) is 67.9 Å². The fourth-order valence-corrected chi connectivity index (χ4v) is 10.3. The maximum Gasteiger partial charge on any atom is 0.235 e. The largest absolute Gasteiger partial charge is 0.507 e. The smallest absolute Gasteiger partial charge is 0.235 e. The summed E-state index contributed by atoms with van der Waals surface area (Å²) in [7, 11) is 5.19. The number of ketones is 4. The number of hydrogen-bond acceptors (Lipinski definition) is 9. The summed E-state index contributed by atoms with van der Waals surface area (Å²) < 4.78 is 0. The molecule has 4 fully saturated rings. The first-order valence-corrected chi connectivity index (χ1v) is 15.8. The quantitative estimate of drug-likeness (QED) is 0.416. The lowest BCUT2D eigenvalue weighted by atomic mass is 9.52. The van der Waals surface area contributed by atoms with E-state index in [4.69, 9.17) is 17.3 Å². The average Bonchev–Trinajstić information content (AvgIpc) is 3.27. The third-order valence-electron chi connectivity index (χ3n) is 12.8. The molecule has 0 heterocycles. The lowest BCUT2D eigenvalue weighted by Gasteiger charge is -2.52. The van der Waals surface area contributed by atoms with Crippen molar-refractivity contribution in [3.8, 4) is 5.75 Å². The van der Waals surface area contributed by atoms with Crippen molar-refractivity contribution in [2.24, 2.45) is 46.2 Å². The number of amides is 1. The molecule has 5 aliphatic carbocycles. The monoisotopic (exact) mass is 627 g/mol. The molecule has 0 saturated heterocycles. The molecule has 11 heteroatoms. The Kier molecular flexibility index (Phi) is 7.06. The van der Waals surface area contributed by atoms with E-state index in [-0.39, 0.29) is 35.0 Å². The summed E-state index contributed by atoms with van der Waals surface area (Å²) in [5.74, 6) is -10.0. The lowest BCUT2D eigenvalue weighted by molar-refractivity contribution is -0.181. The number of likely N-dealkylation sites (N-methyl/N-ethyl adjacent to an activating group) is 1. The van der Waals surface area contributed by atoms with Crippen LogP contribution in [0.25, 0.3) is 0 Å². The molecule has 1 aromatic carbocycles. The zero-order chi connectivity index (χ0) is 32.4. The van der Waals surface area contributed by atoms with Gasteiger partial charge in [0.2, 0.25) is 5.91 Å². The molecule has 9 atom stereocenters. The van der Waals surface area contributed by atoms with Gasteiger partial charge in [0.25, 0.3) is 0 Å². The highest BCUT2D eigenvalue weighted by Gasteiger charge is 2.69. The number of primary amides is 1. The van der Waals surface area contributed by atoms with Gasteiger partial charge < -0.3 is 15.9 Å². The fraction of sp³-hybridized carbons (Fsp3) is 0.667. The Morgan fingerprint density at radius 1 is 1.09 bits per heavy atom. The number of phenols is 1. The van der Waals surface area contributed by atoms with Gasteiger partial charge in [-0.3, -0.25) is 33.8 Å². The van der Waals surface area contributed by atoms with Crippen LogP contribution in [-0.2, 0) is 32.1 Å². The number of carbonyl (C=O) groups is 5. The van der Waals surface area contributed by atoms with E-state index in [0.29, 0.717) is 34.7 Å². The van der Waals surface area contributed by atoms with E-state index in [1.807, 2.05) is 0 Å². The predicted molar refractivity (Wildman–Crippen MR) is 161 cm³/mol. The van der Waals surface area contributed by atoms with Crippen LogP contribution >= 0.6 is 11.6 Å². The van der Waals surface area contributed by atoms with Gasteiger partial charge in [-0.2, -0.15) is 0 Å². The van der Waals surface area contributed by atoms with Crippen molar-refractivity contribution in [2.75, 3.05) is 21.1 Å². The highest BCUT2D eigenvalue weighted by Crippen LogP contribution is 2.66. The second kappa shape index (κ2) is 9.92. The van der Waals surface area contributed by atoms with Crippen molar-refractivity contribution in [3.05, 3.63) is 27.8 Å². The summed E-state index contributed by atoms with van der Waals surface area (Å²) in [5, 5.41) is 23.3. The molecule has 10 nitrogen and oxygen atoms in total. The number of nitrogens with zero attached hydrogens (tertiary/aromatic N) is 2. The van der Waals surface area contributed by atoms with E-state index in [1.165, 1.54) is 17.4 Å². The highest BCUT2D eigenvalue weighted by molar-refractivity contribution is 6.34. The molecule has 6 rings (SSSR count). The molecule has 238 valence electrons. The van der Waals surface area contributed by atoms with Gasteiger partial charge in [-0.05, 0) is 93.1 Å². The molecule has 0 radical (unpaired) electrons. The summed E-state index contributed by atoms with van der Waals surface area (Å²) in [6.45, 7) is 7.54. The summed E-state index contributed by atoms with van der Waals surface area (Å²) >= 11 is 7.00. The van der Waals surface area contributed by atoms with E-state index in [1.54, 1.807) is 14.1 Å². The minimum Gasteiger partial charge on any atom is -0.507 e. The molecule has 0 aliphatic heterocycles. The molecule has 0 aromatic heterocycles. The van der Waals surface area contributed by atoms with Crippen molar-refractivity contribution in [1.82, 2.24) is 9.80 Å². The lowest BCUT2D eigenvalue weighted by Crippen LogP contribution is -2.74. The molecule has 1 amide bonds. The molecule has 44 heavy (non-hydrogen) atoms. The van der Waals surface area contributed by atoms with Crippen molar-refractivity contribution >= 4 is 40.6 Å². The average molecular weight is 628 g/mol. The Morgan fingerprint density at radius 3 is 2.30 bits per heavy atom. The summed E-state index contributed by atoms with van der Waals surface area (Å²) in [5.41, 5.74) is 4.02. The summed E-state index contributed by atoms with van der Waals surface area (Å²) in [6, 6.07) is 0.670. The molecule has 5 aliphatic rings. The molecule has 4 saturated carbocycles. The van der Waals surface area contributed by atoms with Crippen LogP contribution in [0.3, 0.4) is 0 Å². The van der Waals surface area contributed by atoms with Gasteiger partial charge in [-0.25, -0.2) is 0 Å². The van der Waals surface area contributed by atoms with E-state index in [0.717, 1.165) is 12.8 Å². The third-order valence-corrected chi connectivity index (χ3v) is 13.2. The van der Waals surface area contributed by atoms with Gasteiger partial charge in [0.15, 0.2) is 34.7 Å². The second-order valence-electron chi connectivity index (χ2n) is 15.1. The first-order chi connectivity index (χ1) is 20.4. The standard InChI is InChI=1S/C33H42ClN3O7/c1-31(2)16-7-8-32(31,3)20(12-16)37(6)13-15-11-19(38)22-17(24(15)34)9-14-10-18-25(36(4)5)27(40)23(30(35)43)29(42)33(18,44)28(41)21(14)26(22)39/h11,14,16,18,20-21,23,25,38,44H,7-10,12-13H2,1-6H3,(H2,35,43)/t14-,16?,18-,20-,21?,23?,25-,32?,33-/m0/s1. The molecule has 2 bridgehead atoms. The number of aliphatic hydroxyl groups is 1. The van der Waals surface area contributed by atoms with Crippen LogP contribution in [0.5, 0.6) is 5.75 Å². The number of benzene rings is 1. The number of hydrogen-bond donors (Lipinski definition) is 3. The number of fused-ring (bicyclic) bond motifs is 5. The molecular weight excluding hydrogens is 586 g/mol. The SMILES string of the molecule is CN(C)[C@@H]1C(=O)C(C(N)=O)C(=O)[C@@]2(O)C(=O)C3C(=O)c4c(O)cc(CN(C)[C@H]5CC6CCC5(C)C6(C)C)c(Cl)c4C[C@H]3C[C@@H]12. The van der Waals surface area contributed by atoms with Gasteiger partial charge in [-0.1, -0.05) is 32.4 Å². The van der Waals surface area contributed by atoms with Crippen LogP contribution in [0.15, 0.2) is 6.07 Å². The Balaban J connectivity index is 1.36. The molecule has 0 spiro atoms. The minimum atomic E-state index is -2.75. The van der Waals surface area contributed by atoms with Crippen LogP contribution < -0.4 is 5.73 Å². The van der Waals surface area contributed by atoms with Crippen molar-refractivity contribution in [3.63, 3.8) is 0 Å². The first-order valence-electron chi connectivity index (χ1n) is 15.5. The van der Waals surface area contributed by atoms with Gasteiger partial charge in [0.05, 0.1) is 17.5 Å². The maximum atomic E-state index is 14.0. The van der Waals surface area contributed by atoms with Gasteiger partial charge in [0, 0.05) is 23.5 Å². The van der Waals surface area contributed by atoms with Crippen molar-refractivity contribution in [2.45, 2.75) is 77.1 Å². The molecule has 4 unspecified atom stereocenters. The van der Waals surface area contributed by atoms with Gasteiger partial charge in [-0.15, -0.1) is 0 Å². The Labute approximate surface area is 262 Å². The Hall–Kier alpha value is -2.66. The zero-order valence-corrected chi connectivity index (χ0v) is 26.9. The molecular formula is C33H42ClN3O7. The zero-order valence-electron chi connectivity index (χ0n) is 26.1.